The van der Waals surface area contributed by atoms with Crippen LogP contribution in [0.25, 0.3) is 16.5 Å². The Morgan fingerprint density at radius 3 is 2.48 bits per heavy atom. The largest absolute Gasteiger partial charge is 0.507 e. The first-order chi connectivity index (χ1) is 23.4. The number of aliphatic hydroxyl groups excluding tert-OH is 1. The predicted molar refractivity (Wildman–Crippen MR) is 187 cm³/mol. The van der Waals surface area contributed by atoms with Crippen LogP contribution in [0.1, 0.15) is 33.9 Å². The SMILES string of the molecule is Cc1cccc(COc2ccc(/C(O)=C3\C(=O)C(=O)N(c4nnc(SCc5cccc6ccccc56)s4)C3c3ccccc3F)cc2)c1. The summed E-state index contributed by atoms with van der Waals surface area (Å²) in [6, 6.07) is 33.4. The molecule has 1 atom stereocenters. The zero-order valence-corrected chi connectivity index (χ0v) is 27.3. The van der Waals surface area contributed by atoms with Crippen molar-refractivity contribution in [3.05, 3.63) is 154 Å². The highest BCUT2D eigenvalue weighted by Gasteiger charge is 2.49. The standard InChI is InChI=1S/C38H28FN3O4S2/c1-23-8-6-9-24(20-23)21-46-28-18-16-26(17-19-28)34(43)32-33(30-14-4-5-15-31(30)39)42(36(45)35(32)44)37-40-41-38(48-37)47-22-27-12-7-11-25-10-2-3-13-29(25)27/h2-20,33,43H,21-22H2,1H3/b34-32+. The molecule has 0 bridgehead atoms. The summed E-state index contributed by atoms with van der Waals surface area (Å²) in [6.07, 6.45) is 0. The number of carbonyl (C=O) groups excluding carboxylic acids is 2. The first-order valence-corrected chi connectivity index (χ1v) is 16.9. The second-order valence-electron chi connectivity index (χ2n) is 11.3. The maximum atomic E-state index is 15.4. The van der Waals surface area contributed by atoms with Crippen molar-refractivity contribution in [3.8, 4) is 5.75 Å². The third-order valence-electron chi connectivity index (χ3n) is 8.09. The molecule has 2 heterocycles. The summed E-state index contributed by atoms with van der Waals surface area (Å²) in [6.45, 7) is 2.37. The predicted octanol–water partition coefficient (Wildman–Crippen LogP) is 8.64. The number of ether oxygens (including phenoxy) is 1. The molecule has 1 aliphatic heterocycles. The van der Waals surface area contributed by atoms with Crippen LogP contribution in [0.4, 0.5) is 9.52 Å². The summed E-state index contributed by atoms with van der Waals surface area (Å²) in [5.41, 5.74) is 3.35. The maximum absolute atomic E-state index is 15.4. The molecule has 5 aromatic carbocycles. The molecule has 1 amide bonds. The number of anilines is 1. The van der Waals surface area contributed by atoms with Crippen molar-refractivity contribution in [2.45, 2.75) is 29.7 Å². The Hall–Kier alpha value is -5.32. The van der Waals surface area contributed by atoms with Crippen LogP contribution in [-0.4, -0.2) is 27.0 Å². The Morgan fingerprint density at radius 1 is 0.917 bits per heavy atom. The molecule has 1 aromatic heterocycles. The van der Waals surface area contributed by atoms with Crippen molar-refractivity contribution in [1.29, 1.82) is 0 Å². The number of halogens is 1. The van der Waals surface area contributed by atoms with Crippen LogP contribution >= 0.6 is 23.1 Å². The molecule has 10 heteroatoms. The molecular formula is C38H28FN3O4S2. The fourth-order valence-electron chi connectivity index (χ4n) is 5.77. The van der Waals surface area contributed by atoms with Crippen molar-refractivity contribution >= 4 is 56.5 Å². The number of carbonyl (C=O) groups is 2. The second kappa shape index (κ2) is 13.4. The average molecular weight is 674 g/mol. The van der Waals surface area contributed by atoms with Gasteiger partial charge in [-0.1, -0.05) is 114 Å². The molecule has 0 radical (unpaired) electrons. The van der Waals surface area contributed by atoms with E-state index in [2.05, 4.69) is 34.5 Å². The van der Waals surface area contributed by atoms with Crippen molar-refractivity contribution in [1.82, 2.24) is 10.2 Å². The highest BCUT2D eigenvalue weighted by atomic mass is 32.2. The molecule has 7 nitrogen and oxygen atoms in total. The van der Waals surface area contributed by atoms with Gasteiger partial charge >= 0.3 is 5.91 Å². The van der Waals surface area contributed by atoms with Gasteiger partial charge in [0.15, 0.2) is 4.34 Å². The van der Waals surface area contributed by atoms with Crippen LogP contribution in [0.5, 0.6) is 5.75 Å². The fourth-order valence-corrected chi connectivity index (χ4v) is 7.64. The maximum Gasteiger partial charge on any atom is 0.301 e. The van der Waals surface area contributed by atoms with E-state index in [-0.39, 0.29) is 21.8 Å². The quantitative estimate of drug-likeness (QED) is 0.0540. The molecule has 1 N–H and O–H groups in total. The number of thioether (sulfide) groups is 1. The van der Waals surface area contributed by atoms with E-state index >= 15 is 4.39 Å². The number of amides is 1. The minimum absolute atomic E-state index is 0.0523. The van der Waals surface area contributed by atoms with Crippen molar-refractivity contribution in [2.24, 2.45) is 0 Å². The molecule has 0 saturated carbocycles. The molecule has 1 saturated heterocycles. The lowest BCUT2D eigenvalue weighted by molar-refractivity contribution is -0.132. The molecule has 6 aromatic rings. The monoisotopic (exact) mass is 673 g/mol. The summed E-state index contributed by atoms with van der Waals surface area (Å²) >= 11 is 2.58. The number of hydrogen-bond donors (Lipinski definition) is 1. The molecule has 238 valence electrons. The Labute approximate surface area is 284 Å². The Bertz CT molecular complexity index is 2190. The fraction of sp³-hybridized carbons (Fsp3) is 0.105. The Balaban J connectivity index is 1.18. The molecule has 1 aliphatic rings. The smallest absolute Gasteiger partial charge is 0.301 e. The Kier molecular flexibility index (Phi) is 8.75. The number of benzene rings is 5. The third kappa shape index (κ3) is 6.20. The third-order valence-corrected chi connectivity index (χ3v) is 10.2. The molecule has 1 unspecified atom stereocenters. The number of rotatable bonds is 9. The van der Waals surface area contributed by atoms with Gasteiger partial charge in [0.2, 0.25) is 5.13 Å². The summed E-state index contributed by atoms with van der Waals surface area (Å²) in [4.78, 5) is 28.3. The van der Waals surface area contributed by atoms with Crippen LogP contribution in [0.2, 0.25) is 0 Å². The van der Waals surface area contributed by atoms with Gasteiger partial charge in [0, 0.05) is 16.9 Å². The highest BCUT2D eigenvalue weighted by Crippen LogP contribution is 2.45. The Morgan fingerprint density at radius 2 is 1.67 bits per heavy atom. The van der Waals surface area contributed by atoms with E-state index in [9.17, 15) is 14.7 Å². The van der Waals surface area contributed by atoms with Gasteiger partial charge in [-0.3, -0.25) is 14.5 Å². The van der Waals surface area contributed by atoms with E-state index in [1.54, 1.807) is 30.3 Å². The van der Waals surface area contributed by atoms with E-state index in [0.717, 1.165) is 43.7 Å². The lowest BCUT2D eigenvalue weighted by Crippen LogP contribution is -2.29. The van der Waals surface area contributed by atoms with Gasteiger partial charge in [0.25, 0.3) is 5.78 Å². The van der Waals surface area contributed by atoms with Gasteiger partial charge in [-0.05, 0) is 59.2 Å². The molecule has 0 aliphatic carbocycles. The van der Waals surface area contributed by atoms with Crippen LogP contribution in [0, 0.1) is 12.7 Å². The number of Topliss-reactive ketones (excluding diaryl/α,β-unsaturated/α-hetero) is 1. The van der Waals surface area contributed by atoms with E-state index in [1.165, 1.54) is 30.0 Å². The van der Waals surface area contributed by atoms with Crippen LogP contribution in [0.15, 0.2) is 125 Å². The zero-order chi connectivity index (χ0) is 33.2. The normalized spacial score (nSPS) is 15.7. The minimum atomic E-state index is -1.26. The van der Waals surface area contributed by atoms with Gasteiger partial charge in [0.1, 0.15) is 30.0 Å². The summed E-state index contributed by atoms with van der Waals surface area (Å²) < 4.78 is 21.8. The zero-order valence-electron chi connectivity index (χ0n) is 25.7. The number of fused-ring (bicyclic) bond motifs is 1. The summed E-state index contributed by atoms with van der Waals surface area (Å²) in [5.74, 6) is -1.76. The second-order valence-corrected chi connectivity index (χ2v) is 13.4. The van der Waals surface area contributed by atoms with E-state index < -0.39 is 29.3 Å². The van der Waals surface area contributed by atoms with Gasteiger partial charge in [0.05, 0.1) is 5.57 Å². The van der Waals surface area contributed by atoms with Gasteiger partial charge in [-0.2, -0.15) is 0 Å². The van der Waals surface area contributed by atoms with Crippen molar-refractivity contribution < 1.29 is 23.8 Å². The number of aliphatic hydroxyl groups is 1. The van der Waals surface area contributed by atoms with Gasteiger partial charge < -0.3 is 9.84 Å². The van der Waals surface area contributed by atoms with Gasteiger partial charge in [-0.25, -0.2) is 4.39 Å². The first kappa shape index (κ1) is 31.3. The lowest BCUT2D eigenvalue weighted by atomic mass is 9.95. The summed E-state index contributed by atoms with van der Waals surface area (Å²) in [7, 11) is 0. The molecule has 48 heavy (non-hydrogen) atoms. The van der Waals surface area contributed by atoms with Crippen molar-refractivity contribution in [2.75, 3.05) is 4.90 Å². The highest BCUT2D eigenvalue weighted by molar-refractivity contribution is 8.00. The van der Waals surface area contributed by atoms with E-state index in [1.807, 2.05) is 49.4 Å². The van der Waals surface area contributed by atoms with Crippen LogP contribution in [-0.2, 0) is 21.9 Å². The molecular weight excluding hydrogens is 646 g/mol. The molecule has 7 rings (SSSR count). The van der Waals surface area contributed by atoms with Crippen LogP contribution in [0.3, 0.4) is 0 Å². The van der Waals surface area contributed by atoms with Gasteiger partial charge in [-0.15, -0.1) is 10.2 Å². The lowest BCUT2D eigenvalue weighted by Gasteiger charge is -2.22. The van der Waals surface area contributed by atoms with E-state index in [0.29, 0.717) is 22.4 Å². The van der Waals surface area contributed by atoms with Crippen LogP contribution < -0.4 is 9.64 Å². The number of ketones is 1. The average Bonchev–Trinajstić information content (AvgIpc) is 3.68. The topological polar surface area (TPSA) is 92.6 Å². The number of nitrogens with zero attached hydrogens (tertiary/aromatic N) is 3. The molecule has 1 fully saturated rings. The summed E-state index contributed by atoms with van der Waals surface area (Å²) in [5, 5.41) is 22.4. The number of hydrogen-bond acceptors (Lipinski definition) is 8. The van der Waals surface area contributed by atoms with E-state index in [4.69, 9.17) is 4.74 Å². The molecule has 0 spiro atoms. The minimum Gasteiger partial charge on any atom is -0.507 e. The number of aryl methyl sites for hydroxylation is 1. The first-order valence-electron chi connectivity index (χ1n) is 15.1. The van der Waals surface area contributed by atoms with Crippen molar-refractivity contribution in [3.63, 3.8) is 0 Å². The number of aromatic nitrogens is 2.